The highest BCUT2D eigenvalue weighted by Crippen LogP contribution is 2.31. The summed E-state index contributed by atoms with van der Waals surface area (Å²) in [7, 11) is 0. The van der Waals surface area contributed by atoms with Crippen LogP contribution in [-0.2, 0) is 0 Å². The van der Waals surface area contributed by atoms with Gasteiger partial charge in [0, 0.05) is 18.9 Å². The van der Waals surface area contributed by atoms with Gasteiger partial charge in [-0.05, 0) is 31.5 Å². The molecule has 108 valence electrons. The number of hydrogen-bond acceptors (Lipinski definition) is 4. The second kappa shape index (κ2) is 5.61. The third-order valence-electron chi connectivity index (χ3n) is 2.99. The highest BCUT2D eigenvalue weighted by atomic mass is 35.5. The van der Waals surface area contributed by atoms with E-state index < -0.39 is 0 Å². The van der Waals surface area contributed by atoms with Crippen molar-refractivity contribution in [1.29, 1.82) is 0 Å². The predicted molar refractivity (Wildman–Crippen MR) is 83.4 cm³/mol. The van der Waals surface area contributed by atoms with Gasteiger partial charge in [-0.2, -0.15) is 4.98 Å². The van der Waals surface area contributed by atoms with Crippen LogP contribution in [0.5, 0.6) is 11.6 Å². The lowest BCUT2D eigenvalue weighted by molar-refractivity contribution is 0.465. The minimum absolute atomic E-state index is 0.422. The summed E-state index contributed by atoms with van der Waals surface area (Å²) in [5.41, 5.74) is 1.71. The van der Waals surface area contributed by atoms with E-state index in [1.165, 1.54) is 0 Å². The van der Waals surface area contributed by atoms with Crippen LogP contribution in [0.3, 0.4) is 0 Å². The molecule has 0 spiro atoms. The maximum Gasteiger partial charge on any atom is 0.265 e. The average Bonchev–Trinajstić information content (AvgIpc) is 2.92. The highest BCUT2D eigenvalue weighted by Gasteiger charge is 2.11. The molecule has 0 unspecified atom stereocenters. The van der Waals surface area contributed by atoms with Crippen molar-refractivity contribution in [2.75, 3.05) is 11.9 Å². The predicted octanol–water partition coefficient (Wildman–Crippen LogP) is 3.92. The van der Waals surface area contributed by atoms with E-state index >= 15 is 0 Å². The molecule has 0 radical (unpaired) electrons. The minimum atomic E-state index is 0.422. The molecule has 0 fully saturated rings. The van der Waals surface area contributed by atoms with Gasteiger partial charge < -0.3 is 10.1 Å². The molecule has 1 N–H and O–H groups in total. The Hall–Kier alpha value is -2.27. The Balaban J connectivity index is 2.06. The molecule has 0 aliphatic heterocycles. The maximum atomic E-state index is 6.18. The molecule has 6 heteroatoms. The zero-order valence-corrected chi connectivity index (χ0v) is 12.6. The van der Waals surface area contributed by atoms with Crippen LogP contribution >= 0.6 is 11.6 Å². The Morgan fingerprint density at radius 1 is 1.38 bits per heavy atom. The second-order valence-corrected chi connectivity index (χ2v) is 5.06. The second-order valence-electron chi connectivity index (χ2n) is 4.66. The summed E-state index contributed by atoms with van der Waals surface area (Å²) >= 11 is 6.18. The molecular formula is C15H15ClN4O. The van der Waals surface area contributed by atoms with Crippen molar-refractivity contribution in [2.24, 2.45) is 0 Å². The van der Waals surface area contributed by atoms with Crippen LogP contribution in [0.4, 0.5) is 5.82 Å². The third-order valence-corrected chi connectivity index (χ3v) is 3.31. The molecule has 0 amide bonds. The van der Waals surface area contributed by atoms with Crippen LogP contribution in [0.1, 0.15) is 12.5 Å². The van der Waals surface area contributed by atoms with E-state index in [0.29, 0.717) is 22.3 Å². The van der Waals surface area contributed by atoms with Gasteiger partial charge in [0.1, 0.15) is 11.6 Å². The van der Waals surface area contributed by atoms with Gasteiger partial charge in [0.15, 0.2) is 0 Å². The number of rotatable bonds is 4. The van der Waals surface area contributed by atoms with Crippen LogP contribution in [0.15, 0.2) is 36.8 Å². The van der Waals surface area contributed by atoms with Crippen LogP contribution in [0, 0.1) is 6.92 Å². The molecule has 0 saturated heterocycles. The SMILES string of the molecule is CCNc1cn2ccnc2c(Oc2cc(C)ccc2Cl)n1. The van der Waals surface area contributed by atoms with E-state index in [2.05, 4.69) is 15.3 Å². The average molecular weight is 303 g/mol. The van der Waals surface area contributed by atoms with E-state index in [9.17, 15) is 0 Å². The first-order valence-corrected chi connectivity index (χ1v) is 7.06. The van der Waals surface area contributed by atoms with Gasteiger partial charge >= 0.3 is 0 Å². The summed E-state index contributed by atoms with van der Waals surface area (Å²) in [5.74, 6) is 1.72. The summed E-state index contributed by atoms with van der Waals surface area (Å²) in [6.45, 7) is 4.77. The molecule has 3 aromatic rings. The molecule has 0 saturated carbocycles. The largest absolute Gasteiger partial charge is 0.434 e. The number of benzene rings is 1. The molecule has 2 heterocycles. The lowest BCUT2D eigenvalue weighted by Crippen LogP contribution is -2.03. The fourth-order valence-electron chi connectivity index (χ4n) is 2.03. The van der Waals surface area contributed by atoms with Gasteiger partial charge in [-0.1, -0.05) is 17.7 Å². The fraction of sp³-hybridized carbons (Fsp3) is 0.200. The molecule has 0 atom stereocenters. The first-order chi connectivity index (χ1) is 10.2. The molecule has 0 aliphatic carbocycles. The Morgan fingerprint density at radius 3 is 3.05 bits per heavy atom. The summed E-state index contributed by atoms with van der Waals surface area (Å²) in [6.07, 6.45) is 5.43. The van der Waals surface area contributed by atoms with Gasteiger partial charge in [-0.25, -0.2) is 4.98 Å². The van der Waals surface area contributed by atoms with Crippen molar-refractivity contribution in [2.45, 2.75) is 13.8 Å². The number of nitrogens with one attached hydrogen (secondary N) is 1. The van der Waals surface area contributed by atoms with Crippen molar-refractivity contribution in [3.8, 4) is 11.6 Å². The Morgan fingerprint density at radius 2 is 2.24 bits per heavy atom. The van der Waals surface area contributed by atoms with Crippen molar-refractivity contribution in [3.05, 3.63) is 47.4 Å². The zero-order valence-electron chi connectivity index (χ0n) is 11.8. The van der Waals surface area contributed by atoms with E-state index in [1.54, 1.807) is 6.20 Å². The molecule has 21 heavy (non-hydrogen) atoms. The quantitative estimate of drug-likeness (QED) is 0.793. The van der Waals surface area contributed by atoms with E-state index in [0.717, 1.165) is 17.9 Å². The number of hydrogen-bond donors (Lipinski definition) is 1. The number of aromatic nitrogens is 3. The van der Waals surface area contributed by atoms with Gasteiger partial charge in [0.05, 0.1) is 11.2 Å². The first-order valence-electron chi connectivity index (χ1n) is 6.69. The van der Waals surface area contributed by atoms with Crippen LogP contribution in [-0.4, -0.2) is 20.9 Å². The van der Waals surface area contributed by atoms with E-state index in [1.807, 2.05) is 48.8 Å². The number of imidazole rings is 1. The Kier molecular flexibility index (Phi) is 3.66. The topological polar surface area (TPSA) is 51.5 Å². The van der Waals surface area contributed by atoms with Gasteiger partial charge in [0.25, 0.3) is 5.88 Å². The normalized spacial score (nSPS) is 10.8. The van der Waals surface area contributed by atoms with Gasteiger partial charge in [0.2, 0.25) is 5.65 Å². The lowest BCUT2D eigenvalue weighted by Gasteiger charge is -2.10. The van der Waals surface area contributed by atoms with Gasteiger partial charge in [-0.15, -0.1) is 0 Å². The smallest absolute Gasteiger partial charge is 0.265 e. The summed E-state index contributed by atoms with van der Waals surface area (Å²) in [6, 6.07) is 5.62. The van der Waals surface area contributed by atoms with Crippen LogP contribution in [0.2, 0.25) is 5.02 Å². The number of halogens is 1. The lowest BCUT2D eigenvalue weighted by atomic mass is 10.2. The summed E-state index contributed by atoms with van der Waals surface area (Å²) in [4.78, 5) is 8.73. The molecule has 5 nitrogen and oxygen atoms in total. The molecule has 1 aromatic carbocycles. The van der Waals surface area contributed by atoms with Crippen LogP contribution < -0.4 is 10.1 Å². The van der Waals surface area contributed by atoms with Crippen molar-refractivity contribution in [1.82, 2.24) is 14.4 Å². The first kappa shape index (κ1) is 13.7. The Bertz CT molecular complexity index is 784. The standard InChI is InChI=1S/C15H15ClN4O/c1-3-17-13-9-20-7-6-18-14(20)15(19-13)21-12-8-10(2)4-5-11(12)16/h4-9,17H,3H2,1-2H3. The van der Waals surface area contributed by atoms with Crippen LogP contribution in [0.25, 0.3) is 5.65 Å². The number of ether oxygens (including phenoxy) is 1. The number of fused-ring (bicyclic) bond motifs is 1. The van der Waals surface area contributed by atoms with Crippen molar-refractivity contribution in [3.63, 3.8) is 0 Å². The highest BCUT2D eigenvalue weighted by molar-refractivity contribution is 6.32. The van der Waals surface area contributed by atoms with E-state index in [-0.39, 0.29) is 0 Å². The zero-order chi connectivity index (χ0) is 14.8. The molecular weight excluding hydrogens is 288 g/mol. The minimum Gasteiger partial charge on any atom is -0.434 e. The molecule has 0 bridgehead atoms. The number of aryl methyl sites for hydroxylation is 1. The maximum absolute atomic E-state index is 6.18. The molecule has 2 aromatic heterocycles. The molecule has 3 rings (SSSR count). The summed E-state index contributed by atoms with van der Waals surface area (Å²) in [5, 5.41) is 3.71. The Labute approximate surface area is 127 Å². The number of nitrogens with zero attached hydrogens (tertiary/aromatic N) is 3. The fourth-order valence-corrected chi connectivity index (χ4v) is 2.19. The van der Waals surface area contributed by atoms with Crippen molar-refractivity contribution < 1.29 is 4.74 Å². The third kappa shape index (κ3) is 2.78. The summed E-state index contributed by atoms with van der Waals surface area (Å²) < 4.78 is 7.75. The van der Waals surface area contributed by atoms with E-state index in [4.69, 9.17) is 16.3 Å². The molecule has 0 aliphatic rings. The van der Waals surface area contributed by atoms with Crippen molar-refractivity contribution >= 4 is 23.1 Å². The van der Waals surface area contributed by atoms with Gasteiger partial charge in [-0.3, -0.25) is 4.40 Å². The number of anilines is 1. The monoisotopic (exact) mass is 302 g/mol.